The van der Waals surface area contributed by atoms with Crippen LogP contribution in [0, 0.1) is 0 Å². The number of amides is 2. The molecule has 0 bridgehead atoms. The Bertz CT molecular complexity index is 952. The molecule has 2 amide bonds. The molecule has 0 saturated heterocycles. The highest BCUT2D eigenvalue weighted by molar-refractivity contribution is 7.89. The molecular formula is C18H25N5O3S. The van der Waals surface area contributed by atoms with Crippen LogP contribution in [0.4, 0.5) is 4.79 Å². The van der Waals surface area contributed by atoms with Gasteiger partial charge < -0.3 is 10.2 Å². The Kier molecular flexibility index (Phi) is 5.25. The van der Waals surface area contributed by atoms with E-state index in [0.29, 0.717) is 24.4 Å². The number of aryl methyl sites for hydroxylation is 1. The van der Waals surface area contributed by atoms with Gasteiger partial charge >= 0.3 is 6.03 Å². The summed E-state index contributed by atoms with van der Waals surface area (Å²) in [5, 5.41) is 7.27. The first kappa shape index (κ1) is 19.4. The van der Waals surface area contributed by atoms with Gasteiger partial charge in [0.2, 0.25) is 10.0 Å². The molecule has 9 heteroatoms. The minimum atomic E-state index is -3.51. The third-order valence-corrected chi connectivity index (χ3v) is 6.69. The molecule has 2 heterocycles. The quantitative estimate of drug-likeness (QED) is 0.856. The molecule has 8 nitrogen and oxygen atoms in total. The van der Waals surface area contributed by atoms with E-state index in [1.165, 1.54) is 18.4 Å². The molecule has 0 spiro atoms. The molecule has 0 saturated carbocycles. The zero-order chi connectivity index (χ0) is 19.8. The Morgan fingerprint density at radius 1 is 1.30 bits per heavy atom. The maximum Gasteiger partial charge on any atom is 0.318 e. The number of aromatic nitrogens is 2. The van der Waals surface area contributed by atoms with Crippen molar-refractivity contribution in [2.45, 2.75) is 30.8 Å². The number of benzene rings is 1. The van der Waals surface area contributed by atoms with Gasteiger partial charge in [-0.1, -0.05) is 12.1 Å². The van der Waals surface area contributed by atoms with E-state index >= 15 is 0 Å². The first-order valence-corrected chi connectivity index (χ1v) is 10.2. The van der Waals surface area contributed by atoms with Crippen LogP contribution in [0.5, 0.6) is 0 Å². The minimum absolute atomic E-state index is 0.181. The maximum absolute atomic E-state index is 12.6. The van der Waals surface area contributed by atoms with Crippen LogP contribution in [-0.4, -0.2) is 54.1 Å². The normalized spacial score (nSPS) is 15.5. The Labute approximate surface area is 159 Å². The number of urea groups is 1. The molecule has 0 aliphatic carbocycles. The van der Waals surface area contributed by atoms with Crippen LogP contribution in [0.25, 0.3) is 0 Å². The van der Waals surface area contributed by atoms with Gasteiger partial charge in [0.05, 0.1) is 16.6 Å². The first-order valence-electron chi connectivity index (χ1n) is 8.78. The molecule has 1 atom stereocenters. The highest BCUT2D eigenvalue weighted by atomic mass is 32.2. The highest BCUT2D eigenvalue weighted by Crippen LogP contribution is 2.27. The number of nitrogens with zero attached hydrogens (tertiary/aromatic N) is 4. The van der Waals surface area contributed by atoms with Crippen LogP contribution in [0.15, 0.2) is 35.4 Å². The van der Waals surface area contributed by atoms with E-state index in [1.807, 2.05) is 32.3 Å². The summed E-state index contributed by atoms with van der Waals surface area (Å²) in [7, 11) is 1.38. The van der Waals surface area contributed by atoms with Crippen molar-refractivity contribution in [1.82, 2.24) is 24.3 Å². The number of hydrogen-bond acceptors (Lipinski definition) is 4. The summed E-state index contributed by atoms with van der Waals surface area (Å²) in [4.78, 5) is 14.7. The summed E-state index contributed by atoms with van der Waals surface area (Å²) in [5.41, 5.74) is 2.46. The second-order valence-corrected chi connectivity index (χ2v) is 9.06. The Morgan fingerprint density at radius 3 is 2.67 bits per heavy atom. The lowest BCUT2D eigenvalue weighted by Gasteiger charge is -2.31. The molecular weight excluding hydrogens is 366 g/mol. The predicted octanol–water partition coefficient (Wildman–Crippen LogP) is 1.50. The largest absolute Gasteiger partial charge is 0.330 e. The minimum Gasteiger partial charge on any atom is -0.330 e. The molecule has 146 valence electrons. The summed E-state index contributed by atoms with van der Waals surface area (Å²) < 4.78 is 28.0. The maximum atomic E-state index is 12.6. The number of hydrogen-bond donors (Lipinski definition) is 1. The monoisotopic (exact) mass is 391 g/mol. The van der Waals surface area contributed by atoms with Gasteiger partial charge in [0.1, 0.15) is 0 Å². The molecule has 1 aliphatic rings. The van der Waals surface area contributed by atoms with Gasteiger partial charge in [-0.05, 0) is 36.6 Å². The number of nitrogens with one attached hydrogen (secondary N) is 1. The first-order chi connectivity index (χ1) is 12.7. The van der Waals surface area contributed by atoms with Gasteiger partial charge in [0, 0.05) is 40.4 Å². The number of sulfonamides is 1. The zero-order valence-corrected chi connectivity index (χ0v) is 16.8. The fourth-order valence-corrected chi connectivity index (χ4v) is 4.39. The lowest BCUT2D eigenvalue weighted by atomic mass is 10.00. The summed E-state index contributed by atoms with van der Waals surface area (Å²) >= 11 is 0. The van der Waals surface area contributed by atoms with Crippen LogP contribution in [0.2, 0.25) is 0 Å². The fraction of sp³-hybridized carbons (Fsp3) is 0.444. The second kappa shape index (κ2) is 7.32. The van der Waals surface area contributed by atoms with Crippen molar-refractivity contribution < 1.29 is 13.2 Å². The summed E-state index contributed by atoms with van der Waals surface area (Å²) in [6.45, 7) is 2.74. The van der Waals surface area contributed by atoms with Crippen molar-refractivity contribution in [3.05, 3.63) is 47.3 Å². The van der Waals surface area contributed by atoms with Gasteiger partial charge in [-0.3, -0.25) is 4.68 Å². The van der Waals surface area contributed by atoms with Crippen molar-refractivity contribution in [2.24, 2.45) is 7.05 Å². The molecule has 1 N–H and O–H groups in total. The molecule has 0 fully saturated rings. The van der Waals surface area contributed by atoms with Crippen LogP contribution in [-0.2, 0) is 30.0 Å². The van der Waals surface area contributed by atoms with E-state index < -0.39 is 10.0 Å². The van der Waals surface area contributed by atoms with Crippen molar-refractivity contribution in [3.63, 3.8) is 0 Å². The van der Waals surface area contributed by atoms with E-state index in [0.717, 1.165) is 16.8 Å². The summed E-state index contributed by atoms with van der Waals surface area (Å²) in [6, 6.07) is 6.72. The molecule has 1 aliphatic heterocycles. The smallest absolute Gasteiger partial charge is 0.318 e. The van der Waals surface area contributed by atoms with Gasteiger partial charge in [-0.15, -0.1) is 0 Å². The standard InChI is InChI=1S/C18H25N5O3S/c1-13(16-9-10-22(4)20-16)19-18(24)23-11-8-15-14(12-23)6-5-7-17(15)27(25,26)21(2)3/h5-7,9-10,13H,8,11-12H2,1-4H3,(H,19,24). The predicted molar refractivity (Wildman–Crippen MR) is 102 cm³/mol. The van der Waals surface area contributed by atoms with Crippen molar-refractivity contribution in [1.29, 1.82) is 0 Å². The second-order valence-electron chi connectivity index (χ2n) is 6.94. The van der Waals surface area contributed by atoms with Crippen LogP contribution < -0.4 is 5.32 Å². The lowest BCUT2D eigenvalue weighted by molar-refractivity contribution is 0.188. The van der Waals surface area contributed by atoms with Gasteiger partial charge in [0.15, 0.2) is 0 Å². The topological polar surface area (TPSA) is 87.5 Å². The lowest BCUT2D eigenvalue weighted by Crippen LogP contribution is -2.44. The average molecular weight is 391 g/mol. The van der Waals surface area contributed by atoms with Crippen molar-refractivity contribution in [3.8, 4) is 0 Å². The van der Waals surface area contributed by atoms with E-state index in [9.17, 15) is 13.2 Å². The zero-order valence-electron chi connectivity index (χ0n) is 16.0. The van der Waals surface area contributed by atoms with Crippen LogP contribution in [0.3, 0.4) is 0 Å². The molecule has 2 aromatic rings. The number of carbonyl (C=O) groups excluding carboxylic acids is 1. The Hall–Kier alpha value is -2.39. The van der Waals surface area contributed by atoms with Gasteiger partial charge in [-0.25, -0.2) is 17.5 Å². The summed E-state index contributed by atoms with van der Waals surface area (Å²) in [5.74, 6) is 0. The molecule has 1 aromatic heterocycles. The molecule has 1 aromatic carbocycles. The molecule has 1 unspecified atom stereocenters. The summed E-state index contributed by atoms with van der Waals surface area (Å²) in [6.07, 6.45) is 2.34. The molecule has 27 heavy (non-hydrogen) atoms. The number of rotatable bonds is 4. The third kappa shape index (κ3) is 3.84. The highest BCUT2D eigenvalue weighted by Gasteiger charge is 2.28. The van der Waals surface area contributed by atoms with Crippen molar-refractivity contribution >= 4 is 16.1 Å². The molecule has 3 rings (SSSR count). The van der Waals surface area contributed by atoms with Crippen LogP contribution >= 0.6 is 0 Å². The molecule has 0 radical (unpaired) electrons. The van der Waals surface area contributed by atoms with Crippen LogP contribution in [0.1, 0.15) is 29.8 Å². The fourth-order valence-electron chi connectivity index (χ4n) is 3.20. The van der Waals surface area contributed by atoms with Gasteiger partial charge in [0.25, 0.3) is 0 Å². The van der Waals surface area contributed by atoms with Gasteiger partial charge in [-0.2, -0.15) is 5.10 Å². The SMILES string of the molecule is CC(NC(=O)N1CCc2c(cccc2S(=O)(=O)N(C)C)C1)c1ccn(C)n1. The van der Waals surface area contributed by atoms with Crippen molar-refractivity contribution in [2.75, 3.05) is 20.6 Å². The Balaban J connectivity index is 1.76. The average Bonchev–Trinajstić information content (AvgIpc) is 3.07. The van der Waals surface area contributed by atoms with E-state index in [2.05, 4.69) is 10.4 Å². The van der Waals surface area contributed by atoms with E-state index in [-0.39, 0.29) is 12.1 Å². The number of carbonyl (C=O) groups is 1. The third-order valence-electron chi connectivity index (χ3n) is 4.79. The number of fused-ring (bicyclic) bond motifs is 1. The van der Waals surface area contributed by atoms with E-state index in [4.69, 9.17) is 0 Å². The Morgan fingerprint density at radius 2 is 2.04 bits per heavy atom. The van der Waals surface area contributed by atoms with E-state index in [1.54, 1.807) is 21.7 Å².